The average molecular weight is 223 g/mol. The van der Waals surface area contributed by atoms with E-state index in [4.69, 9.17) is 0 Å². The van der Waals surface area contributed by atoms with Gasteiger partial charge in [0.1, 0.15) is 6.61 Å². The second kappa shape index (κ2) is 5.74. The van der Waals surface area contributed by atoms with Crippen LogP contribution in [0.1, 0.15) is 13.3 Å². The lowest BCUT2D eigenvalue weighted by Crippen LogP contribution is -2.14. The summed E-state index contributed by atoms with van der Waals surface area (Å²) < 4.78 is 38.1. The van der Waals surface area contributed by atoms with Gasteiger partial charge in [0.15, 0.2) is 0 Å². The summed E-state index contributed by atoms with van der Waals surface area (Å²) in [6, 6.07) is 0. The highest BCUT2D eigenvalue weighted by atomic mass is 32.3. The minimum absolute atomic E-state index is 0.273. The standard InChI is InChI=1S/C7H12O6S/c1-3-6(2)7(8)12-4-5-13-14(9,10)11/h2-5H2,1H3,(H,9,10,11)/p-1. The van der Waals surface area contributed by atoms with Crippen molar-refractivity contribution in [3.05, 3.63) is 12.2 Å². The molecule has 0 fully saturated rings. The minimum Gasteiger partial charge on any atom is -0.726 e. The van der Waals surface area contributed by atoms with E-state index in [1.54, 1.807) is 6.92 Å². The molecule has 0 radical (unpaired) electrons. The van der Waals surface area contributed by atoms with Gasteiger partial charge in [-0.05, 0) is 6.42 Å². The first-order valence-electron chi connectivity index (χ1n) is 3.82. The third-order valence-electron chi connectivity index (χ3n) is 1.26. The van der Waals surface area contributed by atoms with E-state index < -0.39 is 23.0 Å². The van der Waals surface area contributed by atoms with Gasteiger partial charge in [-0.3, -0.25) is 4.18 Å². The quantitative estimate of drug-likeness (QED) is 0.206. The smallest absolute Gasteiger partial charge is 0.333 e. The maximum absolute atomic E-state index is 10.9. The highest BCUT2D eigenvalue weighted by Gasteiger charge is 2.05. The van der Waals surface area contributed by atoms with Gasteiger partial charge >= 0.3 is 5.97 Å². The molecule has 0 rings (SSSR count). The summed E-state index contributed by atoms with van der Waals surface area (Å²) >= 11 is 0. The van der Waals surface area contributed by atoms with Crippen molar-refractivity contribution in [2.75, 3.05) is 13.2 Å². The fraction of sp³-hybridized carbons (Fsp3) is 0.571. The van der Waals surface area contributed by atoms with Gasteiger partial charge in [-0.15, -0.1) is 0 Å². The summed E-state index contributed by atoms with van der Waals surface area (Å²) in [5.74, 6) is -0.626. The monoisotopic (exact) mass is 223 g/mol. The van der Waals surface area contributed by atoms with E-state index in [-0.39, 0.29) is 12.2 Å². The van der Waals surface area contributed by atoms with E-state index in [1.807, 2.05) is 0 Å². The van der Waals surface area contributed by atoms with Gasteiger partial charge in [0, 0.05) is 5.57 Å². The van der Waals surface area contributed by atoms with Crippen molar-refractivity contribution in [3.8, 4) is 0 Å². The van der Waals surface area contributed by atoms with Gasteiger partial charge in [-0.2, -0.15) is 0 Å². The summed E-state index contributed by atoms with van der Waals surface area (Å²) in [4.78, 5) is 10.9. The average Bonchev–Trinajstić information content (AvgIpc) is 2.09. The van der Waals surface area contributed by atoms with Crippen LogP contribution in [0.25, 0.3) is 0 Å². The molecule has 0 heterocycles. The van der Waals surface area contributed by atoms with Crippen LogP contribution < -0.4 is 0 Å². The molecule has 0 aromatic rings. The number of hydrogen-bond donors (Lipinski definition) is 0. The summed E-state index contributed by atoms with van der Waals surface area (Å²) in [6.07, 6.45) is 0.444. The number of carbonyl (C=O) groups is 1. The third-order valence-corrected chi connectivity index (χ3v) is 1.71. The maximum atomic E-state index is 10.9. The van der Waals surface area contributed by atoms with E-state index in [1.165, 1.54) is 0 Å². The molecule has 14 heavy (non-hydrogen) atoms. The van der Waals surface area contributed by atoms with Crippen LogP contribution in [0, 0.1) is 0 Å². The molecule has 0 atom stereocenters. The van der Waals surface area contributed by atoms with E-state index in [0.717, 1.165) is 0 Å². The van der Waals surface area contributed by atoms with Gasteiger partial charge in [-0.25, -0.2) is 13.2 Å². The fourth-order valence-electron chi connectivity index (χ4n) is 0.517. The summed E-state index contributed by atoms with van der Waals surface area (Å²) in [5, 5.41) is 0. The Kier molecular flexibility index (Phi) is 5.36. The van der Waals surface area contributed by atoms with Gasteiger partial charge in [0.2, 0.25) is 10.4 Å². The van der Waals surface area contributed by atoms with Gasteiger partial charge in [0.25, 0.3) is 0 Å². The van der Waals surface area contributed by atoms with Crippen LogP contribution in [-0.2, 0) is 24.1 Å². The molecule has 0 spiro atoms. The lowest BCUT2D eigenvalue weighted by Gasteiger charge is -2.08. The first-order valence-corrected chi connectivity index (χ1v) is 5.15. The third kappa shape index (κ3) is 6.58. The number of esters is 1. The number of hydrogen-bond acceptors (Lipinski definition) is 6. The Bertz CT molecular complexity index is 304. The van der Waals surface area contributed by atoms with Crippen molar-refractivity contribution in [2.24, 2.45) is 0 Å². The maximum Gasteiger partial charge on any atom is 0.333 e. The van der Waals surface area contributed by atoms with Gasteiger partial charge in [-0.1, -0.05) is 13.5 Å². The number of rotatable bonds is 6. The predicted octanol–water partition coefficient (Wildman–Crippen LogP) is -0.0274. The summed E-state index contributed by atoms with van der Waals surface area (Å²) in [7, 11) is -4.71. The molecule has 82 valence electrons. The molecule has 6 nitrogen and oxygen atoms in total. The van der Waals surface area contributed by atoms with Crippen molar-refractivity contribution >= 4 is 16.4 Å². The van der Waals surface area contributed by atoms with Crippen LogP contribution in [0.2, 0.25) is 0 Å². The fourth-order valence-corrected chi connectivity index (χ4v) is 0.789. The lowest BCUT2D eigenvalue weighted by molar-refractivity contribution is -0.139. The van der Waals surface area contributed by atoms with Crippen LogP contribution in [-0.4, -0.2) is 32.2 Å². The summed E-state index contributed by atoms with van der Waals surface area (Å²) in [6.45, 7) is 4.36. The van der Waals surface area contributed by atoms with Crippen molar-refractivity contribution in [2.45, 2.75) is 13.3 Å². The van der Waals surface area contributed by atoms with Crippen molar-refractivity contribution in [1.82, 2.24) is 0 Å². The lowest BCUT2D eigenvalue weighted by atomic mass is 10.2. The molecule has 0 aliphatic rings. The Labute approximate surface area is 82.5 Å². The molecule has 0 saturated carbocycles. The second-order valence-electron chi connectivity index (χ2n) is 2.32. The van der Waals surface area contributed by atoms with Gasteiger partial charge < -0.3 is 9.29 Å². The Balaban J connectivity index is 3.66. The molecule has 0 aromatic heterocycles. The molecular formula is C7H11O6S-. The Morgan fingerprint density at radius 2 is 2.00 bits per heavy atom. The molecule has 0 aromatic carbocycles. The molecule has 0 unspecified atom stereocenters. The SMILES string of the molecule is C=C(CC)C(=O)OCCOS(=O)(=O)[O-]. The molecule has 0 N–H and O–H groups in total. The molecule has 0 aliphatic carbocycles. The van der Waals surface area contributed by atoms with E-state index in [2.05, 4.69) is 15.5 Å². The van der Waals surface area contributed by atoms with Crippen LogP contribution in [0.3, 0.4) is 0 Å². The molecule has 0 amide bonds. The van der Waals surface area contributed by atoms with E-state index >= 15 is 0 Å². The minimum atomic E-state index is -4.71. The second-order valence-corrected chi connectivity index (χ2v) is 3.38. The zero-order valence-corrected chi connectivity index (χ0v) is 8.50. The number of ether oxygens (including phenoxy) is 1. The van der Waals surface area contributed by atoms with Gasteiger partial charge in [0.05, 0.1) is 6.61 Å². The van der Waals surface area contributed by atoms with Crippen LogP contribution >= 0.6 is 0 Å². The predicted molar refractivity (Wildman–Crippen MR) is 46.0 cm³/mol. The highest BCUT2D eigenvalue weighted by Crippen LogP contribution is 1.99. The Morgan fingerprint density at radius 1 is 1.43 bits per heavy atom. The molecule has 0 saturated heterocycles. The van der Waals surface area contributed by atoms with Crippen molar-refractivity contribution in [3.63, 3.8) is 0 Å². The van der Waals surface area contributed by atoms with Crippen LogP contribution in [0.4, 0.5) is 0 Å². The van der Waals surface area contributed by atoms with E-state index in [9.17, 15) is 17.8 Å². The topological polar surface area (TPSA) is 92.7 Å². The van der Waals surface area contributed by atoms with E-state index in [0.29, 0.717) is 6.42 Å². The number of carbonyl (C=O) groups excluding carboxylic acids is 1. The van der Waals surface area contributed by atoms with Crippen LogP contribution in [0.15, 0.2) is 12.2 Å². The van der Waals surface area contributed by atoms with Crippen LogP contribution in [0.5, 0.6) is 0 Å². The Hall–Kier alpha value is -0.920. The molecule has 0 bridgehead atoms. The highest BCUT2D eigenvalue weighted by molar-refractivity contribution is 7.80. The first-order chi connectivity index (χ1) is 6.37. The Morgan fingerprint density at radius 3 is 2.43 bits per heavy atom. The summed E-state index contributed by atoms with van der Waals surface area (Å²) in [5.41, 5.74) is 0.273. The molecular weight excluding hydrogens is 212 g/mol. The molecule has 0 aliphatic heterocycles. The zero-order valence-electron chi connectivity index (χ0n) is 7.69. The molecule has 7 heteroatoms. The van der Waals surface area contributed by atoms with Crippen molar-refractivity contribution < 1.29 is 26.7 Å². The largest absolute Gasteiger partial charge is 0.726 e. The zero-order chi connectivity index (χ0) is 11.2. The van der Waals surface area contributed by atoms with Crippen molar-refractivity contribution in [1.29, 1.82) is 0 Å². The first kappa shape index (κ1) is 13.1. The normalized spacial score (nSPS) is 11.0.